The lowest BCUT2D eigenvalue weighted by Gasteiger charge is -2.09. The minimum atomic E-state index is -3.91. The van der Waals surface area contributed by atoms with Crippen molar-refractivity contribution in [2.24, 2.45) is 0 Å². The number of rotatable bonds is 7. The quantitative estimate of drug-likeness (QED) is 0.730. The van der Waals surface area contributed by atoms with E-state index in [4.69, 9.17) is 4.74 Å². The Morgan fingerprint density at radius 2 is 1.71 bits per heavy atom. The average molecular weight is 413 g/mol. The molecule has 2 aromatic carbocycles. The summed E-state index contributed by atoms with van der Waals surface area (Å²) in [6, 6.07) is 13.7. The molecule has 2 N–H and O–H groups in total. The van der Waals surface area contributed by atoms with Gasteiger partial charge in [-0.3, -0.25) is 4.79 Å². The molecule has 0 heterocycles. The van der Waals surface area contributed by atoms with E-state index in [0.29, 0.717) is 12.2 Å². The minimum absolute atomic E-state index is 0.187. The second-order valence-electron chi connectivity index (χ2n) is 4.93. The number of methoxy groups -OCH3 is 1. The summed E-state index contributed by atoms with van der Waals surface area (Å²) < 4.78 is 34.1. The van der Waals surface area contributed by atoms with Crippen LogP contribution >= 0.6 is 15.9 Å². The zero-order valence-electron chi connectivity index (χ0n) is 13.0. The molecule has 128 valence electrons. The summed E-state index contributed by atoms with van der Waals surface area (Å²) in [5, 5.41) is 0. The first-order valence-corrected chi connectivity index (χ1v) is 9.37. The topological polar surface area (TPSA) is 84.5 Å². The van der Waals surface area contributed by atoms with Crippen molar-refractivity contribution < 1.29 is 17.9 Å². The second-order valence-corrected chi connectivity index (χ2v) is 7.35. The van der Waals surface area contributed by atoms with E-state index in [-0.39, 0.29) is 12.1 Å². The van der Waals surface area contributed by atoms with E-state index < -0.39 is 16.1 Å². The summed E-state index contributed by atoms with van der Waals surface area (Å²) in [5.74, 6) is -0.115. The van der Waals surface area contributed by atoms with Crippen molar-refractivity contribution in [2.75, 3.05) is 13.7 Å². The molecule has 0 saturated heterocycles. The Balaban J connectivity index is 1.87. The number of hydrogen-bond donors (Lipinski definition) is 2. The van der Waals surface area contributed by atoms with Gasteiger partial charge >= 0.3 is 10.2 Å². The predicted octanol–water partition coefficient (Wildman–Crippen LogP) is 2.26. The van der Waals surface area contributed by atoms with Crippen LogP contribution in [0.1, 0.15) is 15.9 Å². The zero-order chi connectivity index (χ0) is 17.6. The smallest absolute Gasteiger partial charge is 0.301 e. The van der Waals surface area contributed by atoms with Crippen LogP contribution < -0.4 is 14.2 Å². The van der Waals surface area contributed by atoms with E-state index in [2.05, 4.69) is 20.7 Å². The van der Waals surface area contributed by atoms with Gasteiger partial charge in [-0.15, -0.1) is 0 Å². The number of carbonyl (C=O) groups excluding carboxylic acids is 1. The van der Waals surface area contributed by atoms with Gasteiger partial charge in [-0.2, -0.15) is 13.1 Å². The summed E-state index contributed by atoms with van der Waals surface area (Å²) in [7, 11) is -2.40. The fourth-order valence-electron chi connectivity index (χ4n) is 1.94. The van der Waals surface area contributed by atoms with Crippen LogP contribution in [-0.2, 0) is 16.6 Å². The molecule has 1 amide bonds. The van der Waals surface area contributed by atoms with Gasteiger partial charge in [-0.1, -0.05) is 28.1 Å². The summed E-state index contributed by atoms with van der Waals surface area (Å²) >= 11 is 3.34. The van der Waals surface area contributed by atoms with Gasteiger partial charge in [0, 0.05) is 16.6 Å². The van der Waals surface area contributed by atoms with Crippen molar-refractivity contribution in [3.8, 4) is 5.75 Å². The molecule has 2 aromatic rings. The highest BCUT2D eigenvalue weighted by molar-refractivity contribution is 9.10. The van der Waals surface area contributed by atoms with Crippen LogP contribution in [0.2, 0.25) is 0 Å². The highest BCUT2D eigenvalue weighted by Crippen LogP contribution is 2.12. The van der Waals surface area contributed by atoms with Crippen LogP contribution in [0.15, 0.2) is 53.0 Å². The second kappa shape index (κ2) is 8.27. The van der Waals surface area contributed by atoms with Gasteiger partial charge in [0.25, 0.3) is 5.91 Å². The number of carbonyl (C=O) groups is 1. The van der Waals surface area contributed by atoms with Crippen LogP contribution in [0, 0.1) is 0 Å². The van der Waals surface area contributed by atoms with Gasteiger partial charge in [0.05, 0.1) is 7.11 Å². The molecule has 6 nitrogen and oxygen atoms in total. The monoisotopic (exact) mass is 412 g/mol. The molecule has 0 aliphatic heterocycles. The van der Waals surface area contributed by atoms with Crippen molar-refractivity contribution in [1.82, 2.24) is 9.44 Å². The van der Waals surface area contributed by atoms with Crippen LogP contribution in [0.3, 0.4) is 0 Å². The maximum atomic E-state index is 12.0. The highest BCUT2D eigenvalue weighted by atomic mass is 79.9. The van der Waals surface area contributed by atoms with Crippen LogP contribution in [0.5, 0.6) is 5.75 Å². The molecule has 0 aliphatic carbocycles. The lowest BCUT2D eigenvalue weighted by atomic mass is 10.2. The maximum absolute atomic E-state index is 12.0. The van der Waals surface area contributed by atoms with Crippen LogP contribution in [-0.4, -0.2) is 28.0 Å². The largest absolute Gasteiger partial charge is 0.497 e. The first kappa shape index (κ1) is 18.4. The summed E-state index contributed by atoms with van der Waals surface area (Å²) in [4.78, 5) is 12.0. The standard InChI is InChI=1S/C16H17BrN2O4S/c1-23-15-8-4-13(5-9-15)16(20)19-24(21,22)18-11-10-12-2-6-14(17)7-3-12/h2-9,18H,10-11H2,1H3,(H,19,20). The third-order valence-electron chi connectivity index (χ3n) is 3.20. The highest BCUT2D eigenvalue weighted by Gasteiger charge is 2.15. The average Bonchev–Trinajstić information content (AvgIpc) is 2.56. The molecule has 0 fully saturated rings. The van der Waals surface area contributed by atoms with Crippen molar-refractivity contribution in [3.05, 3.63) is 64.1 Å². The Labute approximate surface area is 149 Å². The van der Waals surface area contributed by atoms with Gasteiger partial charge in [0.15, 0.2) is 0 Å². The number of amides is 1. The Hall–Kier alpha value is -1.90. The number of ether oxygens (including phenoxy) is 1. The van der Waals surface area contributed by atoms with E-state index >= 15 is 0 Å². The van der Waals surface area contributed by atoms with E-state index in [9.17, 15) is 13.2 Å². The molecular formula is C16H17BrN2O4S. The lowest BCUT2D eigenvalue weighted by molar-refractivity contribution is 0.0981. The molecule has 2 rings (SSSR count). The molecule has 0 atom stereocenters. The van der Waals surface area contributed by atoms with Crippen molar-refractivity contribution in [3.63, 3.8) is 0 Å². The van der Waals surface area contributed by atoms with E-state index in [1.165, 1.54) is 19.2 Å². The first-order chi connectivity index (χ1) is 11.4. The first-order valence-electron chi connectivity index (χ1n) is 7.10. The van der Waals surface area contributed by atoms with E-state index in [1.807, 2.05) is 29.0 Å². The van der Waals surface area contributed by atoms with Crippen molar-refractivity contribution >= 4 is 32.0 Å². The Bertz CT molecular complexity index is 790. The number of nitrogens with one attached hydrogen (secondary N) is 2. The molecule has 24 heavy (non-hydrogen) atoms. The number of hydrogen-bond acceptors (Lipinski definition) is 4. The number of benzene rings is 2. The van der Waals surface area contributed by atoms with Gasteiger partial charge in [-0.05, 0) is 48.4 Å². The molecular weight excluding hydrogens is 396 g/mol. The number of halogens is 1. The van der Waals surface area contributed by atoms with Gasteiger partial charge in [-0.25, -0.2) is 4.72 Å². The van der Waals surface area contributed by atoms with Gasteiger partial charge < -0.3 is 4.74 Å². The Morgan fingerprint density at radius 3 is 2.29 bits per heavy atom. The van der Waals surface area contributed by atoms with Crippen LogP contribution in [0.4, 0.5) is 0 Å². The van der Waals surface area contributed by atoms with Crippen LogP contribution in [0.25, 0.3) is 0 Å². The fraction of sp³-hybridized carbons (Fsp3) is 0.188. The fourth-order valence-corrected chi connectivity index (χ4v) is 3.01. The summed E-state index contributed by atoms with van der Waals surface area (Å²) in [6.07, 6.45) is 0.519. The lowest BCUT2D eigenvalue weighted by Crippen LogP contribution is -2.41. The molecule has 0 bridgehead atoms. The van der Waals surface area contributed by atoms with Gasteiger partial charge in [0.2, 0.25) is 0 Å². The Morgan fingerprint density at radius 1 is 1.08 bits per heavy atom. The molecule has 0 saturated carbocycles. The maximum Gasteiger partial charge on any atom is 0.301 e. The van der Waals surface area contributed by atoms with Crippen molar-refractivity contribution in [1.29, 1.82) is 0 Å². The third kappa shape index (κ3) is 5.63. The molecule has 0 unspecified atom stereocenters. The summed E-state index contributed by atoms with van der Waals surface area (Å²) in [6.45, 7) is 0.187. The predicted molar refractivity (Wildman–Crippen MR) is 95.2 cm³/mol. The zero-order valence-corrected chi connectivity index (χ0v) is 15.4. The third-order valence-corrected chi connectivity index (χ3v) is 4.77. The van der Waals surface area contributed by atoms with E-state index in [1.54, 1.807) is 12.1 Å². The Kier molecular flexibility index (Phi) is 6.36. The SMILES string of the molecule is COc1ccc(C(=O)NS(=O)(=O)NCCc2ccc(Br)cc2)cc1. The normalized spacial score (nSPS) is 11.1. The molecule has 0 aromatic heterocycles. The molecule has 0 aliphatic rings. The van der Waals surface area contributed by atoms with Gasteiger partial charge in [0.1, 0.15) is 5.75 Å². The van der Waals surface area contributed by atoms with Crippen molar-refractivity contribution in [2.45, 2.75) is 6.42 Å². The molecule has 0 spiro atoms. The van der Waals surface area contributed by atoms with E-state index in [0.717, 1.165) is 10.0 Å². The summed E-state index contributed by atoms with van der Waals surface area (Å²) in [5.41, 5.74) is 1.22. The minimum Gasteiger partial charge on any atom is -0.497 e. The molecule has 8 heteroatoms. The molecule has 0 radical (unpaired) electrons.